The van der Waals surface area contributed by atoms with Crippen molar-refractivity contribution in [3.8, 4) is 6.07 Å². The summed E-state index contributed by atoms with van der Waals surface area (Å²) in [7, 11) is -3.84. The third-order valence-electron chi connectivity index (χ3n) is 2.08. The number of benzene rings is 1. The van der Waals surface area contributed by atoms with Crippen LogP contribution in [0.25, 0.3) is 0 Å². The van der Waals surface area contributed by atoms with Crippen molar-refractivity contribution in [2.75, 3.05) is 19.8 Å². The third-order valence-corrected chi connectivity index (χ3v) is 3.60. The maximum atomic E-state index is 11.8. The lowest BCUT2D eigenvalue weighted by Crippen LogP contribution is -2.28. The number of sulfonamides is 1. The molecule has 0 saturated heterocycles. The second-order valence-electron chi connectivity index (χ2n) is 3.47. The average Bonchev–Trinajstić information content (AvgIpc) is 2.37. The Morgan fingerprint density at radius 1 is 1.37 bits per heavy atom. The predicted octanol–water partition coefficient (Wildman–Crippen LogP) is 1.12. The Hall–Kier alpha value is -1.56. The quantitative estimate of drug-likeness (QED) is 0.763. The number of rotatable bonds is 7. The van der Waals surface area contributed by atoms with Gasteiger partial charge in [-0.2, -0.15) is 5.26 Å². The molecule has 0 radical (unpaired) electrons. The molecule has 0 bridgehead atoms. The van der Waals surface area contributed by atoms with E-state index in [0.717, 1.165) is 0 Å². The van der Waals surface area contributed by atoms with Gasteiger partial charge < -0.3 is 4.74 Å². The van der Waals surface area contributed by atoms with Crippen LogP contribution < -0.4 is 4.72 Å². The van der Waals surface area contributed by atoms with E-state index in [1.54, 1.807) is 12.1 Å². The topological polar surface area (TPSA) is 79.2 Å². The van der Waals surface area contributed by atoms with Gasteiger partial charge in [-0.15, -0.1) is 0 Å². The van der Waals surface area contributed by atoms with Gasteiger partial charge in [-0.3, -0.25) is 0 Å². The van der Waals surface area contributed by atoms with E-state index in [1.807, 2.05) is 0 Å². The minimum atomic E-state index is -3.84. The van der Waals surface area contributed by atoms with E-state index in [4.69, 9.17) is 5.26 Å². The Kier molecular flexibility index (Phi) is 5.82. The van der Waals surface area contributed by atoms with Crippen molar-refractivity contribution in [3.05, 3.63) is 29.8 Å². The molecule has 0 spiro atoms. The molecule has 1 aromatic rings. The van der Waals surface area contributed by atoms with Gasteiger partial charge in [0.05, 0.1) is 17.1 Å². The zero-order valence-corrected chi connectivity index (χ0v) is 10.7. The highest BCUT2D eigenvalue weighted by Gasteiger charge is 2.17. The number of hydrogen-bond acceptors (Lipinski definition) is 4. The molecule has 8 heteroatoms. The summed E-state index contributed by atoms with van der Waals surface area (Å²) in [6.45, 7) is -1.05. The number of nitriles is 1. The van der Waals surface area contributed by atoms with Gasteiger partial charge in [-0.05, 0) is 12.1 Å². The third kappa shape index (κ3) is 4.90. The summed E-state index contributed by atoms with van der Waals surface area (Å²) in [6, 6.07) is 7.47. The molecular formula is C11H12F2N2O3S. The molecular weight excluding hydrogens is 278 g/mol. The fourth-order valence-corrected chi connectivity index (χ4v) is 2.46. The highest BCUT2D eigenvalue weighted by Crippen LogP contribution is 2.13. The average molecular weight is 290 g/mol. The Balaban J connectivity index is 2.60. The fourth-order valence-electron chi connectivity index (χ4n) is 1.29. The van der Waals surface area contributed by atoms with Crippen LogP contribution >= 0.6 is 0 Å². The molecule has 0 fully saturated rings. The molecule has 1 rings (SSSR count). The summed E-state index contributed by atoms with van der Waals surface area (Å²) >= 11 is 0. The number of hydrogen-bond donors (Lipinski definition) is 1. The number of halogens is 2. The van der Waals surface area contributed by atoms with Crippen LogP contribution in [0.5, 0.6) is 0 Å². The van der Waals surface area contributed by atoms with Gasteiger partial charge in [0.1, 0.15) is 12.7 Å². The molecule has 1 aromatic carbocycles. The number of nitrogens with zero attached hydrogens (tertiary/aromatic N) is 1. The molecule has 104 valence electrons. The first-order valence-corrected chi connectivity index (χ1v) is 6.80. The van der Waals surface area contributed by atoms with Gasteiger partial charge in [-0.1, -0.05) is 12.1 Å². The molecule has 0 aliphatic carbocycles. The molecule has 5 nitrogen and oxygen atoms in total. The summed E-state index contributed by atoms with van der Waals surface area (Å²) in [5, 5.41) is 8.80. The first-order valence-electron chi connectivity index (χ1n) is 5.32. The highest BCUT2D eigenvalue weighted by atomic mass is 32.2. The standard InChI is InChI=1S/C11H12F2N2O3S/c12-11(13)8-18-6-5-15-19(16,17)10-4-2-1-3-9(10)7-14/h1-4,11,15H,5-6,8H2. The lowest BCUT2D eigenvalue weighted by molar-refractivity contribution is 0.0199. The largest absolute Gasteiger partial charge is 0.374 e. The van der Waals surface area contributed by atoms with E-state index in [-0.39, 0.29) is 23.6 Å². The number of ether oxygens (including phenoxy) is 1. The first kappa shape index (κ1) is 15.5. The molecule has 0 saturated carbocycles. The zero-order chi connectivity index (χ0) is 14.3. The molecule has 0 amide bonds. The molecule has 1 N–H and O–H groups in total. The van der Waals surface area contributed by atoms with Crippen LogP contribution in [0.3, 0.4) is 0 Å². The van der Waals surface area contributed by atoms with Crippen LogP contribution in [0.2, 0.25) is 0 Å². The smallest absolute Gasteiger partial charge is 0.261 e. The molecule has 19 heavy (non-hydrogen) atoms. The summed E-state index contributed by atoms with van der Waals surface area (Å²) in [5.74, 6) is 0. The molecule has 0 aliphatic rings. The summed E-state index contributed by atoms with van der Waals surface area (Å²) < 4.78 is 53.9. The second kappa shape index (κ2) is 7.13. The van der Waals surface area contributed by atoms with E-state index >= 15 is 0 Å². The lowest BCUT2D eigenvalue weighted by Gasteiger charge is -2.08. The normalized spacial score (nSPS) is 11.5. The van der Waals surface area contributed by atoms with Crippen LogP contribution in [-0.2, 0) is 14.8 Å². The van der Waals surface area contributed by atoms with Crippen LogP contribution in [0.15, 0.2) is 29.2 Å². The van der Waals surface area contributed by atoms with E-state index in [0.29, 0.717) is 0 Å². The van der Waals surface area contributed by atoms with Gasteiger partial charge in [0.2, 0.25) is 10.0 Å². The van der Waals surface area contributed by atoms with Crippen molar-refractivity contribution in [3.63, 3.8) is 0 Å². The van der Waals surface area contributed by atoms with Crippen LogP contribution in [0.1, 0.15) is 5.56 Å². The van der Waals surface area contributed by atoms with Gasteiger partial charge >= 0.3 is 0 Å². The maximum Gasteiger partial charge on any atom is 0.261 e. The van der Waals surface area contributed by atoms with Crippen molar-refractivity contribution < 1.29 is 21.9 Å². The number of alkyl halides is 2. The maximum absolute atomic E-state index is 11.8. The van der Waals surface area contributed by atoms with Gasteiger partial charge in [0.15, 0.2) is 0 Å². The molecule has 0 heterocycles. The van der Waals surface area contributed by atoms with E-state index in [9.17, 15) is 17.2 Å². The minimum Gasteiger partial charge on any atom is -0.374 e. The van der Waals surface area contributed by atoms with Crippen molar-refractivity contribution in [2.45, 2.75) is 11.3 Å². The molecule has 0 unspecified atom stereocenters. The van der Waals surface area contributed by atoms with E-state index in [1.165, 1.54) is 18.2 Å². The van der Waals surface area contributed by atoms with Gasteiger partial charge in [0.25, 0.3) is 6.43 Å². The van der Waals surface area contributed by atoms with Gasteiger partial charge in [-0.25, -0.2) is 21.9 Å². The number of nitrogens with one attached hydrogen (secondary N) is 1. The predicted molar refractivity (Wildman–Crippen MR) is 63.2 cm³/mol. The Morgan fingerprint density at radius 2 is 2.05 bits per heavy atom. The molecule has 0 aromatic heterocycles. The Labute approximate surface area is 109 Å². The van der Waals surface area contributed by atoms with Crippen LogP contribution in [0.4, 0.5) is 8.78 Å². The monoisotopic (exact) mass is 290 g/mol. The second-order valence-corrected chi connectivity index (χ2v) is 5.21. The summed E-state index contributed by atoms with van der Waals surface area (Å²) in [5.41, 5.74) is 0.0171. The van der Waals surface area contributed by atoms with Crippen molar-refractivity contribution in [1.29, 1.82) is 5.26 Å². The SMILES string of the molecule is N#Cc1ccccc1S(=O)(=O)NCCOCC(F)F. The van der Waals surface area contributed by atoms with Crippen LogP contribution in [0, 0.1) is 11.3 Å². The molecule has 0 atom stereocenters. The van der Waals surface area contributed by atoms with Crippen LogP contribution in [-0.4, -0.2) is 34.6 Å². The summed E-state index contributed by atoms with van der Waals surface area (Å²) in [6.07, 6.45) is -2.59. The van der Waals surface area contributed by atoms with E-state index < -0.39 is 23.1 Å². The fraction of sp³-hybridized carbons (Fsp3) is 0.364. The highest BCUT2D eigenvalue weighted by molar-refractivity contribution is 7.89. The first-order chi connectivity index (χ1) is 8.97. The zero-order valence-electron chi connectivity index (χ0n) is 9.84. The lowest BCUT2D eigenvalue weighted by atomic mass is 10.2. The Bertz CT molecular complexity index is 555. The van der Waals surface area contributed by atoms with Crippen molar-refractivity contribution in [2.24, 2.45) is 0 Å². The summed E-state index contributed by atoms with van der Waals surface area (Å²) in [4.78, 5) is -0.147. The van der Waals surface area contributed by atoms with Crippen molar-refractivity contribution >= 4 is 10.0 Å². The molecule has 0 aliphatic heterocycles. The minimum absolute atomic E-state index is 0.0171. The van der Waals surface area contributed by atoms with E-state index in [2.05, 4.69) is 9.46 Å². The van der Waals surface area contributed by atoms with Crippen molar-refractivity contribution in [1.82, 2.24) is 4.72 Å². The van der Waals surface area contributed by atoms with Gasteiger partial charge in [0, 0.05) is 6.54 Å². The Morgan fingerprint density at radius 3 is 2.68 bits per heavy atom.